The monoisotopic (exact) mass is 282 g/mol. The second kappa shape index (κ2) is 5.85. The molecule has 0 fully saturated rings. The van der Waals surface area contributed by atoms with E-state index in [1.807, 2.05) is 19.1 Å². The number of methoxy groups -OCH3 is 1. The molecule has 1 aromatic rings. The molecule has 2 nitrogen and oxygen atoms in total. The van der Waals surface area contributed by atoms with Crippen molar-refractivity contribution < 1.29 is 9.53 Å². The van der Waals surface area contributed by atoms with Crippen LogP contribution in [0, 0.1) is 0 Å². The molecule has 1 rings (SSSR count). The van der Waals surface area contributed by atoms with Crippen LogP contribution in [0.2, 0.25) is 0 Å². The fourth-order valence-electron chi connectivity index (χ4n) is 1.29. The largest absolute Gasteiger partial charge is 0.497 e. The van der Waals surface area contributed by atoms with E-state index >= 15 is 0 Å². The molecule has 0 unspecified atom stereocenters. The second-order valence-corrected chi connectivity index (χ2v) is 4.40. The van der Waals surface area contributed by atoms with Gasteiger partial charge in [0.25, 0.3) is 0 Å². The number of hydrogen-bond acceptors (Lipinski definition) is 2. The lowest BCUT2D eigenvalue weighted by Crippen LogP contribution is -2.02. The van der Waals surface area contributed by atoms with Gasteiger partial charge in [0, 0.05) is 16.5 Å². The molecule has 0 aliphatic carbocycles. The van der Waals surface area contributed by atoms with E-state index in [2.05, 4.69) is 22.5 Å². The Balaban J connectivity index is 2.93. The minimum Gasteiger partial charge on any atom is -0.497 e. The number of hydrogen-bond donors (Lipinski definition) is 0. The van der Waals surface area contributed by atoms with Gasteiger partial charge in [-0.25, -0.2) is 0 Å². The van der Waals surface area contributed by atoms with E-state index in [9.17, 15) is 4.79 Å². The zero-order valence-corrected chi connectivity index (χ0v) is 11.1. The van der Waals surface area contributed by atoms with Gasteiger partial charge in [-0.3, -0.25) is 4.79 Å². The van der Waals surface area contributed by atoms with Crippen molar-refractivity contribution >= 4 is 21.7 Å². The van der Waals surface area contributed by atoms with Crippen LogP contribution in [0.15, 0.2) is 34.8 Å². The maximum atomic E-state index is 12.0. The first-order valence-electron chi connectivity index (χ1n) is 5.11. The van der Waals surface area contributed by atoms with Crippen molar-refractivity contribution in [1.82, 2.24) is 0 Å². The Morgan fingerprint density at radius 3 is 2.75 bits per heavy atom. The Labute approximate surface area is 104 Å². The summed E-state index contributed by atoms with van der Waals surface area (Å²) in [5.41, 5.74) is 1.59. The average Bonchev–Trinajstić information content (AvgIpc) is 2.29. The first kappa shape index (κ1) is 13.0. The van der Waals surface area contributed by atoms with Crippen LogP contribution in [0.3, 0.4) is 0 Å². The normalized spacial score (nSPS) is 9.94. The zero-order chi connectivity index (χ0) is 12.1. The fourth-order valence-corrected chi connectivity index (χ4v) is 1.76. The Bertz CT molecular complexity index is 410. The van der Waals surface area contributed by atoms with Crippen molar-refractivity contribution in [2.75, 3.05) is 7.11 Å². The Kier molecular flexibility index (Phi) is 4.74. The third kappa shape index (κ3) is 3.20. The van der Waals surface area contributed by atoms with Crippen molar-refractivity contribution in [3.8, 4) is 5.75 Å². The minimum atomic E-state index is 0.0672. The van der Waals surface area contributed by atoms with Gasteiger partial charge in [0.05, 0.1) is 7.11 Å². The Morgan fingerprint density at radius 2 is 2.19 bits per heavy atom. The molecule has 86 valence electrons. The summed E-state index contributed by atoms with van der Waals surface area (Å²) >= 11 is 3.37. The highest BCUT2D eigenvalue weighted by molar-refractivity contribution is 9.10. The first-order chi connectivity index (χ1) is 7.58. The van der Waals surface area contributed by atoms with Crippen LogP contribution in [-0.2, 0) is 0 Å². The number of Topliss-reactive ketones (excluding diaryl/α,β-unsaturated/α-hetero) is 1. The molecule has 3 heteroatoms. The van der Waals surface area contributed by atoms with Crippen LogP contribution in [0.4, 0.5) is 0 Å². The zero-order valence-electron chi connectivity index (χ0n) is 9.55. The summed E-state index contributed by atoms with van der Waals surface area (Å²) in [6, 6.07) is 5.38. The molecule has 16 heavy (non-hydrogen) atoms. The lowest BCUT2D eigenvalue weighted by Gasteiger charge is -2.07. The third-order valence-electron chi connectivity index (χ3n) is 2.38. The van der Waals surface area contributed by atoms with Gasteiger partial charge in [0.2, 0.25) is 0 Å². The molecule has 0 radical (unpaired) electrons. The van der Waals surface area contributed by atoms with Crippen LogP contribution in [0.1, 0.15) is 30.1 Å². The molecule has 0 amide bonds. The molecule has 0 aliphatic heterocycles. The molecule has 1 aromatic carbocycles. The molecule has 0 bridgehead atoms. The molecule has 0 saturated heterocycles. The number of allylic oxidation sites excluding steroid dienone is 1. The highest BCUT2D eigenvalue weighted by Crippen LogP contribution is 2.24. The van der Waals surface area contributed by atoms with Gasteiger partial charge in [0.15, 0.2) is 5.78 Å². The van der Waals surface area contributed by atoms with E-state index in [0.29, 0.717) is 17.7 Å². The number of ether oxygens (including phenoxy) is 1. The standard InChI is InChI=1S/C13H15BrO2/c1-4-9(2)7-13(15)11-8-10(16-3)5-6-12(11)14/h5-6,8H,2,4,7H2,1,3H3. The molecular formula is C13H15BrO2. The number of rotatable bonds is 5. The predicted molar refractivity (Wildman–Crippen MR) is 69.1 cm³/mol. The van der Waals surface area contributed by atoms with E-state index in [1.165, 1.54) is 0 Å². The van der Waals surface area contributed by atoms with Gasteiger partial charge in [0.1, 0.15) is 5.75 Å². The maximum Gasteiger partial charge on any atom is 0.168 e. The second-order valence-electron chi connectivity index (χ2n) is 3.55. The van der Waals surface area contributed by atoms with Gasteiger partial charge in [-0.15, -0.1) is 0 Å². The molecule has 0 aliphatic rings. The van der Waals surface area contributed by atoms with Crippen LogP contribution < -0.4 is 4.74 Å². The van der Waals surface area contributed by atoms with Gasteiger partial charge < -0.3 is 4.74 Å². The van der Waals surface area contributed by atoms with E-state index in [1.54, 1.807) is 13.2 Å². The summed E-state index contributed by atoms with van der Waals surface area (Å²) in [6.07, 6.45) is 1.22. The van der Waals surface area contributed by atoms with Crippen molar-refractivity contribution in [2.45, 2.75) is 19.8 Å². The Hall–Kier alpha value is -1.09. The van der Waals surface area contributed by atoms with Crippen molar-refractivity contribution in [3.05, 3.63) is 40.4 Å². The molecular weight excluding hydrogens is 268 g/mol. The van der Waals surface area contributed by atoms with Crippen molar-refractivity contribution in [3.63, 3.8) is 0 Å². The molecule has 0 heterocycles. The number of ketones is 1. The van der Waals surface area contributed by atoms with E-state index in [-0.39, 0.29) is 5.78 Å². The summed E-state index contributed by atoms with van der Waals surface area (Å²) in [4.78, 5) is 12.0. The van der Waals surface area contributed by atoms with Gasteiger partial charge in [-0.2, -0.15) is 0 Å². The lowest BCUT2D eigenvalue weighted by atomic mass is 10.0. The van der Waals surface area contributed by atoms with Crippen LogP contribution >= 0.6 is 15.9 Å². The topological polar surface area (TPSA) is 26.3 Å². The van der Waals surface area contributed by atoms with Crippen molar-refractivity contribution in [2.24, 2.45) is 0 Å². The summed E-state index contributed by atoms with van der Waals surface area (Å²) in [6.45, 7) is 5.84. The molecule has 0 N–H and O–H groups in total. The predicted octanol–water partition coefficient (Wildman–Crippen LogP) is 4.00. The van der Waals surface area contributed by atoms with Crippen LogP contribution in [-0.4, -0.2) is 12.9 Å². The average molecular weight is 283 g/mol. The third-order valence-corrected chi connectivity index (χ3v) is 3.08. The fraction of sp³-hybridized carbons (Fsp3) is 0.308. The van der Waals surface area contributed by atoms with E-state index in [0.717, 1.165) is 16.5 Å². The smallest absolute Gasteiger partial charge is 0.168 e. The molecule has 0 saturated carbocycles. The highest BCUT2D eigenvalue weighted by Gasteiger charge is 2.11. The van der Waals surface area contributed by atoms with E-state index < -0.39 is 0 Å². The molecule has 0 aromatic heterocycles. The Morgan fingerprint density at radius 1 is 1.50 bits per heavy atom. The van der Waals surface area contributed by atoms with Crippen LogP contribution in [0.5, 0.6) is 5.75 Å². The van der Waals surface area contributed by atoms with Gasteiger partial charge >= 0.3 is 0 Å². The minimum absolute atomic E-state index is 0.0672. The number of carbonyl (C=O) groups excluding carboxylic acids is 1. The number of halogens is 1. The summed E-state index contributed by atoms with van der Waals surface area (Å²) in [5, 5.41) is 0. The first-order valence-corrected chi connectivity index (χ1v) is 5.91. The molecule has 0 spiro atoms. The summed E-state index contributed by atoms with van der Waals surface area (Å²) in [7, 11) is 1.59. The number of carbonyl (C=O) groups is 1. The lowest BCUT2D eigenvalue weighted by molar-refractivity contribution is 0.0991. The maximum absolute atomic E-state index is 12.0. The quantitative estimate of drug-likeness (QED) is 0.603. The SMILES string of the molecule is C=C(CC)CC(=O)c1cc(OC)ccc1Br. The highest BCUT2D eigenvalue weighted by atomic mass is 79.9. The van der Waals surface area contributed by atoms with Crippen molar-refractivity contribution in [1.29, 1.82) is 0 Å². The number of benzene rings is 1. The van der Waals surface area contributed by atoms with Gasteiger partial charge in [-0.05, 0) is 24.6 Å². The summed E-state index contributed by atoms with van der Waals surface area (Å²) in [5.74, 6) is 0.756. The van der Waals surface area contributed by atoms with Gasteiger partial charge in [-0.1, -0.05) is 35.0 Å². The molecule has 0 atom stereocenters. The van der Waals surface area contributed by atoms with Crippen LogP contribution in [0.25, 0.3) is 0 Å². The van der Waals surface area contributed by atoms with E-state index in [4.69, 9.17) is 4.74 Å². The summed E-state index contributed by atoms with van der Waals surface area (Å²) < 4.78 is 5.89.